The summed E-state index contributed by atoms with van der Waals surface area (Å²) in [5, 5.41) is 13.0. The second kappa shape index (κ2) is 10.8. The summed E-state index contributed by atoms with van der Waals surface area (Å²) in [4.78, 5) is 17.0. The Morgan fingerprint density at radius 3 is 2.53 bits per heavy atom. The third-order valence-corrected chi connectivity index (χ3v) is 4.76. The van der Waals surface area contributed by atoms with E-state index < -0.39 is 6.29 Å². The van der Waals surface area contributed by atoms with E-state index in [2.05, 4.69) is 20.6 Å². The number of benzene rings is 1. The molecule has 0 fully saturated rings. The number of carbonyl (C=O) groups excluding carboxylic acids is 1. The van der Waals surface area contributed by atoms with Gasteiger partial charge in [0, 0.05) is 24.2 Å². The first-order valence-corrected chi connectivity index (χ1v) is 10.6. The van der Waals surface area contributed by atoms with Crippen LogP contribution in [0.25, 0.3) is 11.3 Å². The molecule has 0 unspecified atom stereocenters. The number of rotatable bonds is 11. The average molecular weight is 432 g/mol. The summed E-state index contributed by atoms with van der Waals surface area (Å²) in [6, 6.07) is 7.66. The minimum Gasteiger partial charge on any atom is -0.494 e. The van der Waals surface area contributed by atoms with Crippen LogP contribution in [-0.4, -0.2) is 52.0 Å². The molecule has 0 saturated carbocycles. The lowest BCUT2D eigenvalue weighted by molar-refractivity contribution is -0.145. The maximum absolute atomic E-state index is 12.5. The van der Waals surface area contributed by atoms with Crippen LogP contribution in [0.4, 0.5) is 5.13 Å². The molecule has 9 nitrogen and oxygen atoms in total. The van der Waals surface area contributed by atoms with Crippen molar-refractivity contribution in [1.82, 2.24) is 20.0 Å². The standard InChI is InChI=1S/C20H25N5O4S/c1-4-27-15-9-7-14(8-10-15)17-13-30-20(21-17)22-19(26)16-11-25(24-23-16)12-18(28-5-2)29-6-3/h7-11,13,18H,4-6,12H2,1-3H3,(H,21,22,26). The first kappa shape index (κ1) is 21.9. The zero-order valence-corrected chi connectivity index (χ0v) is 18.0. The molecule has 1 aromatic carbocycles. The quantitative estimate of drug-likeness (QED) is 0.464. The van der Waals surface area contributed by atoms with Crippen LogP contribution < -0.4 is 10.1 Å². The Morgan fingerprint density at radius 1 is 1.13 bits per heavy atom. The maximum atomic E-state index is 12.5. The van der Waals surface area contributed by atoms with E-state index in [9.17, 15) is 4.79 Å². The molecule has 0 aliphatic heterocycles. The number of anilines is 1. The second-order valence-electron chi connectivity index (χ2n) is 6.12. The normalized spacial score (nSPS) is 11.1. The summed E-state index contributed by atoms with van der Waals surface area (Å²) in [7, 11) is 0. The van der Waals surface area contributed by atoms with Crippen LogP contribution in [0.15, 0.2) is 35.8 Å². The molecular weight excluding hydrogens is 406 g/mol. The molecule has 10 heteroatoms. The van der Waals surface area contributed by atoms with Gasteiger partial charge in [-0.1, -0.05) is 5.21 Å². The van der Waals surface area contributed by atoms with Gasteiger partial charge in [-0.25, -0.2) is 9.67 Å². The van der Waals surface area contributed by atoms with Gasteiger partial charge in [0.25, 0.3) is 5.91 Å². The smallest absolute Gasteiger partial charge is 0.279 e. The van der Waals surface area contributed by atoms with Gasteiger partial charge in [-0.15, -0.1) is 16.4 Å². The van der Waals surface area contributed by atoms with Crippen molar-refractivity contribution in [2.75, 3.05) is 25.1 Å². The first-order chi connectivity index (χ1) is 14.6. The van der Waals surface area contributed by atoms with E-state index >= 15 is 0 Å². The molecule has 0 radical (unpaired) electrons. The molecule has 0 bridgehead atoms. The lowest BCUT2D eigenvalue weighted by Crippen LogP contribution is -2.24. The summed E-state index contributed by atoms with van der Waals surface area (Å²) < 4.78 is 18.0. The SMILES string of the molecule is CCOc1ccc(-c2csc(NC(=O)c3cn(CC(OCC)OCC)nn3)n2)cc1. The number of thiazole rings is 1. The highest BCUT2D eigenvalue weighted by Crippen LogP contribution is 2.26. The third kappa shape index (κ3) is 5.85. The van der Waals surface area contributed by atoms with Gasteiger partial charge in [-0.05, 0) is 45.0 Å². The van der Waals surface area contributed by atoms with Crippen molar-refractivity contribution in [3.8, 4) is 17.0 Å². The summed E-state index contributed by atoms with van der Waals surface area (Å²) in [5.41, 5.74) is 1.91. The lowest BCUT2D eigenvalue weighted by Gasteiger charge is -2.16. The number of aromatic nitrogens is 4. The fourth-order valence-electron chi connectivity index (χ4n) is 2.68. The molecule has 0 aliphatic carbocycles. The number of amides is 1. The minimum atomic E-state index is -0.437. The molecule has 0 aliphatic rings. The van der Waals surface area contributed by atoms with E-state index in [0.717, 1.165) is 17.0 Å². The maximum Gasteiger partial charge on any atom is 0.279 e. The van der Waals surface area contributed by atoms with Crippen LogP contribution in [0.2, 0.25) is 0 Å². The Hall–Kier alpha value is -2.82. The Morgan fingerprint density at radius 2 is 1.87 bits per heavy atom. The highest BCUT2D eigenvalue weighted by Gasteiger charge is 2.16. The summed E-state index contributed by atoms with van der Waals surface area (Å²) in [5.74, 6) is 0.433. The van der Waals surface area contributed by atoms with Crippen LogP contribution in [0, 0.1) is 0 Å². The minimum absolute atomic E-state index is 0.194. The van der Waals surface area contributed by atoms with Crippen molar-refractivity contribution in [3.05, 3.63) is 41.5 Å². The van der Waals surface area contributed by atoms with Gasteiger partial charge in [0.15, 0.2) is 17.1 Å². The summed E-state index contributed by atoms with van der Waals surface area (Å²) >= 11 is 1.34. The Kier molecular flexibility index (Phi) is 7.89. The van der Waals surface area contributed by atoms with Gasteiger partial charge in [0.2, 0.25) is 0 Å². The van der Waals surface area contributed by atoms with Gasteiger partial charge in [0.05, 0.1) is 25.0 Å². The largest absolute Gasteiger partial charge is 0.494 e. The number of hydrogen-bond donors (Lipinski definition) is 1. The summed E-state index contributed by atoms with van der Waals surface area (Å²) in [6.45, 7) is 7.73. The van der Waals surface area contributed by atoms with Gasteiger partial charge in [-0.3, -0.25) is 10.1 Å². The summed E-state index contributed by atoms with van der Waals surface area (Å²) in [6.07, 6.45) is 1.12. The molecule has 30 heavy (non-hydrogen) atoms. The number of carbonyl (C=O) groups is 1. The molecule has 0 atom stereocenters. The molecule has 2 heterocycles. The molecule has 1 amide bonds. The molecule has 3 rings (SSSR count). The van der Waals surface area contributed by atoms with E-state index in [4.69, 9.17) is 14.2 Å². The molecule has 0 spiro atoms. The Labute approximate surface area is 179 Å². The van der Waals surface area contributed by atoms with Crippen molar-refractivity contribution in [3.63, 3.8) is 0 Å². The van der Waals surface area contributed by atoms with E-state index in [0.29, 0.717) is 31.5 Å². The lowest BCUT2D eigenvalue weighted by atomic mass is 10.2. The van der Waals surface area contributed by atoms with E-state index in [-0.39, 0.29) is 11.6 Å². The van der Waals surface area contributed by atoms with E-state index in [1.807, 2.05) is 50.4 Å². The molecule has 3 aromatic rings. The fraction of sp³-hybridized carbons (Fsp3) is 0.400. The van der Waals surface area contributed by atoms with Crippen molar-refractivity contribution in [1.29, 1.82) is 0 Å². The van der Waals surface area contributed by atoms with Crippen molar-refractivity contribution in [2.24, 2.45) is 0 Å². The molecular formula is C20H25N5O4S. The molecule has 160 valence electrons. The zero-order valence-electron chi connectivity index (χ0n) is 17.2. The van der Waals surface area contributed by atoms with Gasteiger partial charge >= 0.3 is 0 Å². The number of nitrogens with zero attached hydrogens (tertiary/aromatic N) is 4. The highest BCUT2D eigenvalue weighted by molar-refractivity contribution is 7.14. The topological polar surface area (TPSA) is 100 Å². The monoisotopic (exact) mass is 431 g/mol. The van der Waals surface area contributed by atoms with Crippen molar-refractivity contribution < 1.29 is 19.0 Å². The van der Waals surface area contributed by atoms with Crippen molar-refractivity contribution >= 4 is 22.4 Å². The predicted molar refractivity (Wildman–Crippen MR) is 114 cm³/mol. The number of ether oxygens (including phenoxy) is 3. The van der Waals surface area contributed by atoms with E-state index in [1.165, 1.54) is 16.0 Å². The van der Waals surface area contributed by atoms with Crippen LogP contribution in [0.3, 0.4) is 0 Å². The number of nitrogens with one attached hydrogen (secondary N) is 1. The van der Waals surface area contributed by atoms with Gasteiger partial charge < -0.3 is 14.2 Å². The Bertz CT molecular complexity index is 935. The number of hydrogen-bond acceptors (Lipinski definition) is 8. The predicted octanol–water partition coefficient (Wildman–Crippen LogP) is 3.45. The van der Waals surface area contributed by atoms with Crippen LogP contribution in [0.1, 0.15) is 31.3 Å². The van der Waals surface area contributed by atoms with Crippen LogP contribution in [0.5, 0.6) is 5.75 Å². The van der Waals surface area contributed by atoms with Gasteiger partial charge in [-0.2, -0.15) is 0 Å². The molecule has 1 N–H and O–H groups in total. The molecule has 0 saturated heterocycles. The van der Waals surface area contributed by atoms with Gasteiger partial charge in [0.1, 0.15) is 5.75 Å². The average Bonchev–Trinajstić information content (AvgIpc) is 3.39. The first-order valence-electron chi connectivity index (χ1n) is 9.76. The van der Waals surface area contributed by atoms with E-state index in [1.54, 1.807) is 6.20 Å². The highest BCUT2D eigenvalue weighted by atomic mass is 32.1. The second-order valence-corrected chi connectivity index (χ2v) is 6.97. The molecule has 2 aromatic heterocycles. The van der Waals surface area contributed by atoms with Crippen LogP contribution >= 0.6 is 11.3 Å². The van der Waals surface area contributed by atoms with Crippen molar-refractivity contribution in [2.45, 2.75) is 33.6 Å². The third-order valence-electron chi connectivity index (χ3n) is 4.00. The Balaban J connectivity index is 1.61. The van der Waals surface area contributed by atoms with Crippen LogP contribution in [-0.2, 0) is 16.0 Å². The fourth-order valence-corrected chi connectivity index (χ4v) is 3.40. The zero-order chi connectivity index (χ0) is 21.3.